The van der Waals surface area contributed by atoms with Crippen molar-refractivity contribution in [2.75, 3.05) is 13.1 Å². The number of carbonyl (C=O) groups is 1. The highest BCUT2D eigenvalue weighted by molar-refractivity contribution is 6.31. The first kappa shape index (κ1) is 17.0. The van der Waals surface area contributed by atoms with E-state index in [1.807, 2.05) is 49.4 Å². The Morgan fingerprint density at radius 2 is 1.88 bits per heavy atom. The number of carbonyl (C=O) groups excluding carboxylic acids is 1. The molecule has 1 amide bonds. The Labute approximate surface area is 148 Å². The molecule has 0 aliphatic carbocycles. The van der Waals surface area contributed by atoms with Gasteiger partial charge in [-0.3, -0.25) is 4.79 Å². The normalized spacial score (nSPS) is 25.2. The van der Waals surface area contributed by atoms with E-state index < -0.39 is 5.41 Å². The maximum Gasteiger partial charge on any atom is 0.221 e. The van der Waals surface area contributed by atoms with Crippen molar-refractivity contribution in [2.24, 2.45) is 11.7 Å². The van der Waals surface area contributed by atoms with Crippen LogP contribution >= 0.6 is 11.6 Å². The molecule has 2 aromatic carbocycles. The summed E-state index contributed by atoms with van der Waals surface area (Å²) in [5, 5.41) is 4.18. The molecule has 1 heterocycles. The average Bonchev–Trinajstić information content (AvgIpc) is 2.62. The van der Waals surface area contributed by atoms with Gasteiger partial charge in [0, 0.05) is 28.8 Å². The number of piperidine rings is 1. The van der Waals surface area contributed by atoms with Gasteiger partial charge in [0.05, 0.1) is 0 Å². The predicted octanol–water partition coefficient (Wildman–Crippen LogP) is 3.48. The van der Waals surface area contributed by atoms with Crippen LogP contribution in [0, 0.1) is 5.92 Å². The lowest BCUT2D eigenvalue weighted by molar-refractivity contribution is -0.124. The summed E-state index contributed by atoms with van der Waals surface area (Å²) in [5.74, 6) is -0.461. The van der Waals surface area contributed by atoms with Crippen molar-refractivity contribution in [3.05, 3.63) is 70.7 Å². The third-order valence-electron chi connectivity index (χ3n) is 5.46. The van der Waals surface area contributed by atoms with E-state index in [2.05, 4.69) is 17.4 Å². The van der Waals surface area contributed by atoms with Crippen LogP contribution in [0.4, 0.5) is 0 Å². The van der Waals surface area contributed by atoms with Crippen LogP contribution in [0.15, 0.2) is 54.6 Å². The molecule has 0 saturated carbocycles. The molecule has 1 saturated heterocycles. The Hall–Kier alpha value is -1.84. The van der Waals surface area contributed by atoms with Crippen molar-refractivity contribution in [1.82, 2.24) is 5.32 Å². The number of rotatable bonds is 4. The zero-order valence-electron chi connectivity index (χ0n) is 13.8. The van der Waals surface area contributed by atoms with E-state index in [0.29, 0.717) is 5.02 Å². The Morgan fingerprint density at radius 3 is 2.54 bits per heavy atom. The Morgan fingerprint density at radius 1 is 1.21 bits per heavy atom. The van der Waals surface area contributed by atoms with Gasteiger partial charge in [0.25, 0.3) is 0 Å². The minimum absolute atomic E-state index is 0.134. The third-order valence-corrected chi connectivity index (χ3v) is 5.79. The van der Waals surface area contributed by atoms with Crippen molar-refractivity contribution >= 4 is 17.5 Å². The second-order valence-corrected chi connectivity index (χ2v) is 6.97. The van der Waals surface area contributed by atoms with Crippen LogP contribution in [0.5, 0.6) is 0 Å². The van der Waals surface area contributed by atoms with E-state index in [1.54, 1.807) is 0 Å². The fraction of sp³-hybridized carbons (Fsp3) is 0.350. The van der Waals surface area contributed by atoms with Gasteiger partial charge in [0.15, 0.2) is 0 Å². The number of hydrogen-bond acceptors (Lipinski definition) is 2. The SMILES string of the molecule is CC(C(N)=O)C1(c2ccccc2Cl)CCNCC1c1ccccc1. The molecular formula is C20H23ClN2O. The number of benzene rings is 2. The van der Waals surface area contributed by atoms with Gasteiger partial charge in [0.2, 0.25) is 5.91 Å². The zero-order chi connectivity index (χ0) is 17.2. The van der Waals surface area contributed by atoms with E-state index in [4.69, 9.17) is 17.3 Å². The molecule has 3 atom stereocenters. The molecule has 3 N–H and O–H groups in total. The summed E-state index contributed by atoms with van der Waals surface area (Å²) in [6.45, 7) is 3.58. The van der Waals surface area contributed by atoms with Crippen LogP contribution in [0.1, 0.15) is 30.4 Å². The lowest BCUT2D eigenvalue weighted by atomic mass is 9.57. The second kappa shape index (κ2) is 6.96. The third kappa shape index (κ3) is 2.83. The highest BCUT2D eigenvalue weighted by Gasteiger charge is 2.49. The molecule has 3 rings (SSSR count). The first-order valence-electron chi connectivity index (χ1n) is 8.37. The molecule has 2 aromatic rings. The van der Waals surface area contributed by atoms with Crippen molar-refractivity contribution in [3.8, 4) is 0 Å². The summed E-state index contributed by atoms with van der Waals surface area (Å²) in [7, 11) is 0. The lowest BCUT2D eigenvalue weighted by Gasteiger charge is -2.48. The molecule has 126 valence electrons. The topological polar surface area (TPSA) is 55.1 Å². The molecule has 1 aliphatic heterocycles. The summed E-state index contributed by atoms with van der Waals surface area (Å²) in [6.07, 6.45) is 0.820. The monoisotopic (exact) mass is 342 g/mol. The molecule has 0 aromatic heterocycles. The first-order valence-corrected chi connectivity index (χ1v) is 8.75. The van der Waals surface area contributed by atoms with Crippen LogP contribution in [0.25, 0.3) is 0 Å². The summed E-state index contributed by atoms with van der Waals surface area (Å²) < 4.78 is 0. The summed E-state index contributed by atoms with van der Waals surface area (Å²) in [5.41, 5.74) is 7.60. The highest BCUT2D eigenvalue weighted by atomic mass is 35.5. The van der Waals surface area contributed by atoms with Crippen molar-refractivity contribution in [1.29, 1.82) is 0 Å². The zero-order valence-corrected chi connectivity index (χ0v) is 14.6. The number of hydrogen-bond donors (Lipinski definition) is 2. The van der Waals surface area contributed by atoms with Gasteiger partial charge in [-0.15, -0.1) is 0 Å². The minimum Gasteiger partial charge on any atom is -0.369 e. The van der Waals surface area contributed by atoms with Gasteiger partial charge >= 0.3 is 0 Å². The summed E-state index contributed by atoms with van der Waals surface area (Å²) in [4.78, 5) is 12.2. The van der Waals surface area contributed by atoms with Crippen LogP contribution < -0.4 is 11.1 Å². The predicted molar refractivity (Wildman–Crippen MR) is 98.2 cm³/mol. The van der Waals surface area contributed by atoms with Crippen molar-refractivity contribution < 1.29 is 4.79 Å². The van der Waals surface area contributed by atoms with Crippen molar-refractivity contribution in [3.63, 3.8) is 0 Å². The molecule has 3 unspecified atom stereocenters. The van der Waals surface area contributed by atoms with E-state index in [1.165, 1.54) is 5.56 Å². The molecule has 1 aliphatic rings. The molecule has 0 spiro atoms. The standard InChI is InChI=1S/C20H23ClN2O/c1-14(19(22)24)20(16-9-5-6-10-18(16)21)11-12-23-13-17(20)15-7-3-2-4-8-15/h2-10,14,17,23H,11-13H2,1H3,(H2,22,24). The van der Waals surface area contributed by atoms with E-state index >= 15 is 0 Å². The molecular weight excluding hydrogens is 320 g/mol. The van der Waals surface area contributed by atoms with Crippen LogP contribution in [-0.2, 0) is 10.2 Å². The molecule has 0 radical (unpaired) electrons. The lowest BCUT2D eigenvalue weighted by Crippen LogP contribution is -2.53. The number of primary amides is 1. The number of nitrogens with two attached hydrogens (primary N) is 1. The fourth-order valence-corrected chi connectivity index (χ4v) is 4.48. The fourth-order valence-electron chi connectivity index (χ4n) is 4.17. The van der Waals surface area contributed by atoms with Gasteiger partial charge in [-0.25, -0.2) is 0 Å². The molecule has 24 heavy (non-hydrogen) atoms. The van der Waals surface area contributed by atoms with Crippen LogP contribution in [-0.4, -0.2) is 19.0 Å². The first-order chi connectivity index (χ1) is 11.6. The van der Waals surface area contributed by atoms with Crippen LogP contribution in [0.2, 0.25) is 5.02 Å². The Kier molecular flexibility index (Phi) is 4.93. The molecule has 1 fully saturated rings. The van der Waals surface area contributed by atoms with E-state index in [0.717, 1.165) is 25.1 Å². The smallest absolute Gasteiger partial charge is 0.221 e. The van der Waals surface area contributed by atoms with Crippen molar-refractivity contribution in [2.45, 2.75) is 24.7 Å². The van der Waals surface area contributed by atoms with Gasteiger partial charge in [-0.1, -0.05) is 67.1 Å². The summed E-state index contributed by atoms with van der Waals surface area (Å²) in [6, 6.07) is 18.2. The maximum absolute atomic E-state index is 12.2. The largest absolute Gasteiger partial charge is 0.369 e. The quantitative estimate of drug-likeness (QED) is 0.893. The second-order valence-electron chi connectivity index (χ2n) is 6.56. The number of amides is 1. The highest BCUT2D eigenvalue weighted by Crippen LogP contribution is 2.50. The number of nitrogens with one attached hydrogen (secondary N) is 1. The summed E-state index contributed by atoms with van der Waals surface area (Å²) >= 11 is 6.58. The van der Waals surface area contributed by atoms with Gasteiger partial charge in [-0.05, 0) is 30.2 Å². The van der Waals surface area contributed by atoms with Gasteiger partial charge < -0.3 is 11.1 Å². The molecule has 0 bridgehead atoms. The Bertz CT molecular complexity index is 719. The van der Waals surface area contributed by atoms with E-state index in [-0.39, 0.29) is 17.7 Å². The Balaban J connectivity index is 2.22. The van der Waals surface area contributed by atoms with Crippen LogP contribution in [0.3, 0.4) is 0 Å². The van der Waals surface area contributed by atoms with E-state index in [9.17, 15) is 4.79 Å². The average molecular weight is 343 g/mol. The minimum atomic E-state index is -0.406. The maximum atomic E-state index is 12.2. The van der Waals surface area contributed by atoms with Gasteiger partial charge in [-0.2, -0.15) is 0 Å². The molecule has 4 heteroatoms. The number of halogens is 1. The molecule has 3 nitrogen and oxygen atoms in total. The van der Waals surface area contributed by atoms with Gasteiger partial charge in [0.1, 0.15) is 0 Å².